The molecule has 1 unspecified atom stereocenters. The van der Waals surface area contributed by atoms with Crippen molar-refractivity contribution in [1.29, 1.82) is 0 Å². The smallest absolute Gasteiger partial charge is 0.332 e. The number of nitrogens with zero attached hydrogens (tertiary/aromatic N) is 2. The fourth-order valence-corrected chi connectivity index (χ4v) is 2.10. The number of hydrogen-bond acceptors (Lipinski definition) is 3. The van der Waals surface area contributed by atoms with Crippen LogP contribution in [0.3, 0.4) is 0 Å². The van der Waals surface area contributed by atoms with E-state index in [0.717, 1.165) is 25.9 Å². The predicted molar refractivity (Wildman–Crippen MR) is 50.5 cm³/mol. The minimum Gasteiger partial charge on any atom is -0.337 e. The van der Waals surface area contributed by atoms with Gasteiger partial charge < -0.3 is 5.32 Å². The van der Waals surface area contributed by atoms with E-state index in [4.69, 9.17) is 0 Å². The topological polar surface area (TPSA) is 52.7 Å². The molecule has 2 aliphatic rings. The van der Waals surface area contributed by atoms with Crippen LogP contribution in [0.4, 0.5) is 4.79 Å². The number of Topliss-reactive ketones (excluding diaryl/α,β-unsaturated/α-hetero) is 1. The first-order valence-electron chi connectivity index (χ1n) is 5.02. The molecule has 0 bridgehead atoms. The zero-order chi connectivity index (χ0) is 10.1. The quantitative estimate of drug-likeness (QED) is 0.642. The molecule has 5 nitrogen and oxygen atoms in total. The molecule has 1 atom stereocenters. The molecule has 0 aromatic heterocycles. The molecule has 2 heterocycles. The molecule has 0 spiro atoms. The largest absolute Gasteiger partial charge is 0.337 e. The minimum absolute atomic E-state index is 0.0737. The summed E-state index contributed by atoms with van der Waals surface area (Å²) in [4.78, 5) is 22.9. The van der Waals surface area contributed by atoms with Crippen molar-refractivity contribution in [3.8, 4) is 0 Å². The molecule has 0 aromatic carbocycles. The summed E-state index contributed by atoms with van der Waals surface area (Å²) in [5.74, 6) is 0.0737. The lowest BCUT2D eigenvalue weighted by Crippen LogP contribution is -2.49. The number of nitrogens with one attached hydrogen (secondary N) is 1. The van der Waals surface area contributed by atoms with Crippen LogP contribution in [0.25, 0.3) is 0 Å². The van der Waals surface area contributed by atoms with Crippen molar-refractivity contribution < 1.29 is 9.59 Å². The van der Waals surface area contributed by atoms with Crippen molar-refractivity contribution in [3.63, 3.8) is 0 Å². The highest BCUT2D eigenvalue weighted by atomic mass is 16.2. The normalized spacial score (nSPS) is 28.2. The van der Waals surface area contributed by atoms with Gasteiger partial charge in [-0.15, -0.1) is 0 Å². The summed E-state index contributed by atoms with van der Waals surface area (Å²) in [6.07, 6.45) is 1.72. The maximum absolute atomic E-state index is 11.6. The van der Waals surface area contributed by atoms with Crippen LogP contribution in [0, 0.1) is 0 Å². The second-order valence-corrected chi connectivity index (χ2v) is 3.80. The Morgan fingerprint density at radius 3 is 3.00 bits per heavy atom. The summed E-state index contributed by atoms with van der Waals surface area (Å²) in [6.45, 7) is 3.93. The minimum atomic E-state index is -0.243. The predicted octanol–water partition coefficient (Wildman–Crippen LogP) is -0.0200. The van der Waals surface area contributed by atoms with Crippen LogP contribution in [0.1, 0.15) is 19.8 Å². The number of hydrazine groups is 1. The second-order valence-electron chi connectivity index (χ2n) is 3.80. The van der Waals surface area contributed by atoms with E-state index in [2.05, 4.69) is 5.32 Å². The Balaban J connectivity index is 2.18. The summed E-state index contributed by atoms with van der Waals surface area (Å²) in [5.41, 5.74) is 0. The number of hydrogen-bond donors (Lipinski definition) is 1. The van der Waals surface area contributed by atoms with E-state index in [0.29, 0.717) is 6.54 Å². The number of rotatable bonds is 1. The molecule has 2 aliphatic heterocycles. The average Bonchev–Trinajstić information content (AvgIpc) is 2.48. The van der Waals surface area contributed by atoms with Gasteiger partial charge in [0.1, 0.15) is 6.04 Å². The van der Waals surface area contributed by atoms with E-state index >= 15 is 0 Å². The summed E-state index contributed by atoms with van der Waals surface area (Å²) in [7, 11) is 0. The SMILES string of the molecule is CC(=O)C1CCN2CCCNC(=O)N12. The van der Waals surface area contributed by atoms with Gasteiger partial charge in [0.05, 0.1) is 0 Å². The zero-order valence-electron chi connectivity index (χ0n) is 8.32. The number of fused-ring (bicyclic) bond motifs is 1. The lowest BCUT2D eigenvalue weighted by Gasteiger charge is -2.28. The summed E-state index contributed by atoms with van der Waals surface area (Å²) in [6, 6.07) is -0.367. The molecule has 14 heavy (non-hydrogen) atoms. The highest BCUT2D eigenvalue weighted by molar-refractivity contribution is 5.87. The molecule has 0 aliphatic carbocycles. The van der Waals surface area contributed by atoms with Crippen molar-refractivity contribution in [3.05, 3.63) is 0 Å². The highest BCUT2D eigenvalue weighted by Crippen LogP contribution is 2.20. The lowest BCUT2D eigenvalue weighted by molar-refractivity contribution is -0.123. The average molecular weight is 197 g/mol. The third-order valence-electron chi connectivity index (χ3n) is 2.81. The lowest BCUT2D eigenvalue weighted by atomic mass is 10.1. The van der Waals surface area contributed by atoms with E-state index in [9.17, 15) is 9.59 Å². The fourth-order valence-electron chi connectivity index (χ4n) is 2.10. The molecule has 2 fully saturated rings. The zero-order valence-corrected chi connectivity index (χ0v) is 8.32. The van der Waals surface area contributed by atoms with Gasteiger partial charge in [-0.25, -0.2) is 14.8 Å². The van der Waals surface area contributed by atoms with Gasteiger partial charge in [0, 0.05) is 19.6 Å². The van der Waals surface area contributed by atoms with Crippen molar-refractivity contribution >= 4 is 11.8 Å². The van der Waals surface area contributed by atoms with Gasteiger partial charge in [-0.3, -0.25) is 4.79 Å². The molecule has 0 radical (unpaired) electrons. The van der Waals surface area contributed by atoms with Gasteiger partial charge in [-0.1, -0.05) is 0 Å². The van der Waals surface area contributed by atoms with Crippen LogP contribution in [0.5, 0.6) is 0 Å². The van der Waals surface area contributed by atoms with Crippen LogP contribution >= 0.6 is 0 Å². The van der Waals surface area contributed by atoms with Crippen LogP contribution in [-0.2, 0) is 4.79 Å². The molecule has 0 aromatic rings. The summed E-state index contributed by atoms with van der Waals surface area (Å²) in [5, 5.41) is 6.37. The third kappa shape index (κ3) is 1.48. The standard InChI is InChI=1S/C9H15N3O2/c1-7(13)8-3-6-11-5-2-4-10-9(14)12(8)11/h8H,2-6H2,1H3,(H,10,14). The van der Waals surface area contributed by atoms with Crippen LogP contribution in [0.15, 0.2) is 0 Å². The highest BCUT2D eigenvalue weighted by Gasteiger charge is 2.38. The Morgan fingerprint density at radius 1 is 1.50 bits per heavy atom. The van der Waals surface area contributed by atoms with E-state index in [-0.39, 0.29) is 17.9 Å². The number of carbonyl (C=O) groups excluding carboxylic acids is 2. The van der Waals surface area contributed by atoms with Gasteiger partial charge in [-0.2, -0.15) is 0 Å². The van der Waals surface area contributed by atoms with Gasteiger partial charge in [0.2, 0.25) is 0 Å². The first-order valence-corrected chi connectivity index (χ1v) is 5.02. The van der Waals surface area contributed by atoms with Gasteiger partial charge >= 0.3 is 6.03 Å². The van der Waals surface area contributed by atoms with E-state index < -0.39 is 0 Å². The van der Waals surface area contributed by atoms with Gasteiger partial charge in [0.15, 0.2) is 5.78 Å². The molecular weight excluding hydrogens is 182 g/mol. The molecule has 1 N–H and O–H groups in total. The summed E-state index contributed by atoms with van der Waals surface area (Å²) >= 11 is 0. The monoisotopic (exact) mass is 197 g/mol. The fraction of sp³-hybridized carbons (Fsp3) is 0.778. The molecule has 78 valence electrons. The molecule has 0 saturated carbocycles. The van der Waals surface area contributed by atoms with E-state index in [1.807, 2.05) is 5.01 Å². The molecule has 2 amide bonds. The number of urea groups is 1. The maximum Gasteiger partial charge on any atom is 0.332 e. The van der Waals surface area contributed by atoms with Gasteiger partial charge in [0.25, 0.3) is 0 Å². The van der Waals surface area contributed by atoms with E-state index in [1.54, 1.807) is 11.9 Å². The first kappa shape index (κ1) is 9.45. The third-order valence-corrected chi connectivity index (χ3v) is 2.81. The summed E-state index contributed by atoms with van der Waals surface area (Å²) < 4.78 is 0. The van der Waals surface area contributed by atoms with Crippen molar-refractivity contribution in [2.45, 2.75) is 25.8 Å². The van der Waals surface area contributed by atoms with Crippen molar-refractivity contribution in [1.82, 2.24) is 15.3 Å². The Kier molecular flexibility index (Phi) is 2.41. The second kappa shape index (κ2) is 3.57. The number of ketones is 1. The Morgan fingerprint density at radius 2 is 2.29 bits per heavy atom. The first-order chi connectivity index (χ1) is 6.70. The molecule has 2 rings (SSSR count). The van der Waals surface area contributed by atoms with Crippen LogP contribution in [-0.4, -0.2) is 47.5 Å². The van der Waals surface area contributed by atoms with Crippen LogP contribution in [0.2, 0.25) is 0 Å². The van der Waals surface area contributed by atoms with Gasteiger partial charge in [-0.05, 0) is 19.8 Å². The molecule has 2 saturated heterocycles. The molecule has 5 heteroatoms. The Bertz CT molecular complexity index is 267. The number of carbonyl (C=O) groups is 2. The maximum atomic E-state index is 11.6. The Hall–Kier alpha value is -1.10. The van der Waals surface area contributed by atoms with E-state index in [1.165, 1.54) is 0 Å². The Labute approximate surface area is 83.0 Å². The van der Waals surface area contributed by atoms with Crippen LogP contribution < -0.4 is 5.32 Å². The number of amides is 2. The van der Waals surface area contributed by atoms with Crippen molar-refractivity contribution in [2.75, 3.05) is 19.6 Å². The molecular formula is C9H15N3O2. The van der Waals surface area contributed by atoms with Crippen molar-refractivity contribution in [2.24, 2.45) is 0 Å².